The zero-order valence-electron chi connectivity index (χ0n) is 6.28. The zero-order chi connectivity index (χ0) is 8.32. The second kappa shape index (κ2) is 3.51. The molecular formula is C6H13NO3S. The highest BCUT2D eigenvalue weighted by Gasteiger charge is 2.21. The van der Waals surface area contributed by atoms with Crippen molar-refractivity contribution in [2.45, 2.75) is 25.7 Å². The van der Waals surface area contributed by atoms with Crippen molar-refractivity contribution in [3.05, 3.63) is 0 Å². The largest absolute Gasteiger partial charge is 0.302 e. The summed E-state index contributed by atoms with van der Waals surface area (Å²) >= 11 is 0. The molecule has 0 bridgehead atoms. The van der Waals surface area contributed by atoms with E-state index >= 15 is 0 Å². The van der Waals surface area contributed by atoms with Crippen LogP contribution >= 0.6 is 0 Å². The number of sulfonamides is 1. The molecule has 66 valence electrons. The van der Waals surface area contributed by atoms with Gasteiger partial charge in [-0.25, -0.2) is 8.42 Å². The van der Waals surface area contributed by atoms with Crippen molar-refractivity contribution in [2.24, 2.45) is 5.92 Å². The lowest BCUT2D eigenvalue weighted by molar-refractivity contribution is 0.241. The smallest absolute Gasteiger partial charge is 0.233 e. The third-order valence-corrected chi connectivity index (χ3v) is 3.26. The summed E-state index contributed by atoms with van der Waals surface area (Å²) in [5.41, 5.74) is 0. The Morgan fingerprint density at radius 2 is 1.91 bits per heavy atom. The SMILES string of the molecule is O=S(=O)(CC1CCCC1)NO. The topological polar surface area (TPSA) is 66.4 Å². The summed E-state index contributed by atoms with van der Waals surface area (Å²) in [6.45, 7) is 0. The van der Waals surface area contributed by atoms with E-state index in [1.54, 1.807) is 0 Å². The minimum absolute atomic E-state index is 0.0729. The first-order valence-electron chi connectivity index (χ1n) is 3.77. The summed E-state index contributed by atoms with van der Waals surface area (Å²) in [6, 6.07) is 0. The Morgan fingerprint density at radius 1 is 1.36 bits per heavy atom. The molecule has 1 fully saturated rings. The number of rotatable bonds is 3. The van der Waals surface area contributed by atoms with Crippen LogP contribution in [-0.4, -0.2) is 19.4 Å². The number of hydrogen-bond donors (Lipinski definition) is 2. The van der Waals surface area contributed by atoms with Gasteiger partial charge in [0.15, 0.2) is 0 Å². The molecule has 0 aromatic carbocycles. The van der Waals surface area contributed by atoms with Crippen LogP contribution in [0.25, 0.3) is 0 Å². The van der Waals surface area contributed by atoms with Gasteiger partial charge in [-0.3, -0.25) is 0 Å². The van der Waals surface area contributed by atoms with Gasteiger partial charge in [0.25, 0.3) is 0 Å². The molecule has 0 heterocycles. The number of nitrogens with one attached hydrogen (secondary N) is 1. The molecular weight excluding hydrogens is 166 g/mol. The van der Waals surface area contributed by atoms with Gasteiger partial charge in [-0.2, -0.15) is 0 Å². The van der Waals surface area contributed by atoms with E-state index in [0.717, 1.165) is 25.7 Å². The summed E-state index contributed by atoms with van der Waals surface area (Å²) in [7, 11) is -3.40. The van der Waals surface area contributed by atoms with Gasteiger partial charge in [0.2, 0.25) is 10.0 Å². The van der Waals surface area contributed by atoms with Crippen molar-refractivity contribution in [3.8, 4) is 0 Å². The van der Waals surface area contributed by atoms with E-state index in [2.05, 4.69) is 0 Å². The van der Waals surface area contributed by atoms with Crippen LogP contribution in [-0.2, 0) is 10.0 Å². The predicted molar refractivity (Wildman–Crippen MR) is 40.7 cm³/mol. The van der Waals surface area contributed by atoms with Crippen molar-refractivity contribution in [2.75, 3.05) is 5.75 Å². The Morgan fingerprint density at radius 3 is 2.36 bits per heavy atom. The van der Waals surface area contributed by atoms with Gasteiger partial charge in [0.1, 0.15) is 0 Å². The van der Waals surface area contributed by atoms with Crippen molar-refractivity contribution in [1.82, 2.24) is 4.89 Å². The van der Waals surface area contributed by atoms with Crippen LogP contribution in [0.2, 0.25) is 0 Å². The molecule has 0 spiro atoms. The molecule has 0 aromatic heterocycles. The van der Waals surface area contributed by atoms with Crippen LogP contribution in [0.5, 0.6) is 0 Å². The number of hydrogen-bond acceptors (Lipinski definition) is 3. The second-order valence-corrected chi connectivity index (χ2v) is 4.77. The maximum absolute atomic E-state index is 10.8. The average Bonchev–Trinajstić information content (AvgIpc) is 2.39. The minimum atomic E-state index is -3.40. The Labute approximate surface area is 66.6 Å². The van der Waals surface area contributed by atoms with E-state index in [1.165, 1.54) is 4.89 Å². The summed E-state index contributed by atoms with van der Waals surface area (Å²) in [4.78, 5) is 1.34. The fourth-order valence-corrected chi connectivity index (χ4v) is 2.55. The Kier molecular flexibility index (Phi) is 2.86. The molecule has 0 saturated heterocycles. The van der Waals surface area contributed by atoms with E-state index in [9.17, 15) is 8.42 Å². The molecule has 1 rings (SSSR count). The van der Waals surface area contributed by atoms with E-state index in [-0.39, 0.29) is 11.7 Å². The molecule has 5 heteroatoms. The third-order valence-electron chi connectivity index (χ3n) is 2.07. The highest BCUT2D eigenvalue weighted by Crippen LogP contribution is 2.25. The maximum atomic E-state index is 10.8. The van der Waals surface area contributed by atoms with Crippen LogP contribution < -0.4 is 4.89 Å². The van der Waals surface area contributed by atoms with Gasteiger partial charge < -0.3 is 5.21 Å². The molecule has 11 heavy (non-hydrogen) atoms. The zero-order valence-corrected chi connectivity index (χ0v) is 7.10. The third kappa shape index (κ3) is 2.76. The predicted octanol–water partition coefficient (Wildman–Crippen LogP) is 0.485. The summed E-state index contributed by atoms with van der Waals surface area (Å²) in [5, 5.41) is 8.22. The maximum Gasteiger partial charge on any atom is 0.233 e. The molecule has 0 amide bonds. The van der Waals surface area contributed by atoms with Gasteiger partial charge in [0.05, 0.1) is 5.75 Å². The van der Waals surface area contributed by atoms with Crippen LogP contribution in [0.4, 0.5) is 0 Å². The lowest BCUT2D eigenvalue weighted by atomic mass is 10.1. The van der Waals surface area contributed by atoms with Crippen LogP contribution in [0, 0.1) is 5.92 Å². The highest BCUT2D eigenvalue weighted by molar-refractivity contribution is 7.89. The molecule has 0 atom stereocenters. The van der Waals surface area contributed by atoms with Crippen LogP contribution in [0.15, 0.2) is 0 Å². The highest BCUT2D eigenvalue weighted by atomic mass is 32.2. The Balaban J connectivity index is 2.41. The summed E-state index contributed by atoms with van der Waals surface area (Å²) < 4.78 is 21.6. The molecule has 1 aliphatic carbocycles. The average molecular weight is 179 g/mol. The minimum Gasteiger partial charge on any atom is -0.302 e. The fraction of sp³-hybridized carbons (Fsp3) is 1.00. The molecule has 1 saturated carbocycles. The quantitative estimate of drug-likeness (QED) is 0.619. The molecule has 1 aliphatic rings. The lowest BCUT2D eigenvalue weighted by Crippen LogP contribution is -2.26. The Hall–Kier alpha value is -0.130. The monoisotopic (exact) mass is 179 g/mol. The first-order chi connectivity index (χ1) is 5.14. The van der Waals surface area contributed by atoms with Crippen molar-refractivity contribution in [1.29, 1.82) is 0 Å². The van der Waals surface area contributed by atoms with Gasteiger partial charge >= 0.3 is 0 Å². The van der Waals surface area contributed by atoms with Crippen molar-refractivity contribution < 1.29 is 13.6 Å². The normalized spacial score (nSPS) is 20.8. The van der Waals surface area contributed by atoms with Crippen LogP contribution in [0.3, 0.4) is 0 Å². The molecule has 2 N–H and O–H groups in total. The second-order valence-electron chi connectivity index (χ2n) is 3.02. The molecule has 4 nitrogen and oxygen atoms in total. The van der Waals surface area contributed by atoms with Gasteiger partial charge in [-0.05, 0) is 18.8 Å². The van der Waals surface area contributed by atoms with Gasteiger partial charge in [0, 0.05) is 0 Å². The molecule has 0 unspecified atom stereocenters. The molecule has 0 radical (unpaired) electrons. The molecule has 0 aliphatic heterocycles. The summed E-state index contributed by atoms with van der Waals surface area (Å²) in [5.74, 6) is 0.323. The standard InChI is InChI=1S/C6H13NO3S/c8-7-11(9,10)5-6-3-1-2-4-6/h6-8H,1-5H2. The van der Waals surface area contributed by atoms with E-state index < -0.39 is 10.0 Å². The lowest BCUT2D eigenvalue weighted by Gasteiger charge is -2.06. The van der Waals surface area contributed by atoms with E-state index in [0.29, 0.717) is 0 Å². The first-order valence-corrected chi connectivity index (χ1v) is 5.43. The van der Waals surface area contributed by atoms with Crippen molar-refractivity contribution >= 4 is 10.0 Å². The van der Waals surface area contributed by atoms with Crippen LogP contribution in [0.1, 0.15) is 25.7 Å². The summed E-state index contributed by atoms with van der Waals surface area (Å²) in [6.07, 6.45) is 4.18. The van der Waals surface area contributed by atoms with Crippen molar-refractivity contribution in [3.63, 3.8) is 0 Å². The first kappa shape index (κ1) is 8.96. The van der Waals surface area contributed by atoms with E-state index in [4.69, 9.17) is 5.21 Å². The molecule has 0 aromatic rings. The Bertz CT molecular complexity index is 206. The van der Waals surface area contributed by atoms with Gasteiger partial charge in [-0.1, -0.05) is 17.7 Å². The fourth-order valence-electron chi connectivity index (χ4n) is 1.52. The van der Waals surface area contributed by atoms with E-state index in [1.807, 2.05) is 0 Å². The van der Waals surface area contributed by atoms with Gasteiger partial charge in [-0.15, -0.1) is 0 Å².